The van der Waals surface area contributed by atoms with E-state index in [9.17, 15) is 0 Å². The third kappa shape index (κ3) is 2.59. The molecule has 0 radical (unpaired) electrons. The monoisotopic (exact) mass is 276 g/mol. The largest absolute Gasteiger partial charge is 0.396 e. The first kappa shape index (κ1) is 13.6. The van der Waals surface area contributed by atoms with Gasteiger partial charge in [-0.05, 0) is 38.5 Å². The van der Waals surface area contributed by atoms with Crippen LogP contribution in [0, 0.1) is 12.8 Å². The highest BCUT2D eigenvalue weighted by Crippen LogP contribution is 2.40. The minimum absolute atomic E-state index is 0.288. The van der Waals surface area contributed by atoms with Crippen LogP contribution in [0.2, 0.25) is 0 Å². The summed E-state index contributed by atoms with van der Waals surface area (Å²) in [6.07, 6.45) is 4.49. The first-order valence-corrected chi connectivity index (χ1v) is 7.65. The minimum Gasteiger partial charge on any atom is -0.396 e. The number of aromatic nitrogens is 2. The van der Waals surface area contributed by atoms with Gasteiger partial charge in [0, 0.05) is 38.2 Å². The highest BCUT2D eigenvalue weighted by molar-refractivity contribution is 5.59. The van der Waals surface area contributed by atoms with Crippen molar-refractivity contribution >= 4 is 11.6 Å². The van der Waals surface area contributed by atoms with Gasteiger partial charge in [-0.1, -0.05) is 0 Å². The number of rotatable bonds is 5. The summed E-state index contributed by atoms with van der Waals surface area (Å²) in [6.45, 7) is 4.43. The van der Waals surface area contributed by atoms with Crippen molar-refractivity contribution in [2.75, 3.05) is 37.0 Å². The molecule has 1 aromatic rings. The molecular formula is C15H24N4O. The standard InChI is InChI=1S/C15H24N4O/c1-10-13(16-2)17-14(12-3-4-12)18-15(10)19-7-5-11(9-19)6-8-20/h11-12,20H,3-9H2,1-2H3,(H,16,17,18). The van der Waals surface area contributed by atoms with Gasteiger partial charge >= 0.3 is 0 Å². The van der Waals surface area contributed by atoms with Gasteiger partial charge in [-0.3, -0.25) is 0 Å². The normalized spacial score (nSPS) is 22.4. The van der Waals surface area contributed by atoms with Crippen LogP contribution in [0.3, 0.4) is 0 Å². The van der Waals surface area contributed by atoms with Crippen LogP contribution >= 0.6 is 0 Å². The fourth-order valence-corrected chi connectivity index (χ4v) is 3.04. The third-order valence-electron chi connectivity index (χ3n) is 4.44. The average molecular weight is 276 g/mol. The van der Waals surface area contributed by atoms with E-state index in [0.29, 0.717) is 11.8 Å². The fourth-order valence-electron chi connectivity index (χ4n) is 3.04. The van der Waals surface area contributed by atoms with E-state index in [4.69, 9.17) is 10.1 Å². The molecule has 1 aromatic heterocycles. The summed E-state index contributed by atoms with van der Waals surface area (Å²) in [7, 11) is 1.92. The SMILES string of the molecule is CNc1nc(C2CC2)nc(N2CCC(CCO)C2)c1C. The van der Waals surface area contributed by atoms with Gasteiger partial charge in [-0.15, -0.1) is 0 Å². The van der Waals surface area contributed by atoms with Crippen molar-refractivity contribution in [2.45, 2.75) is 38.5 Å². The van der Waals surface area contributed by atoms with Crippen LogP contribution < -0.4 is 10.2 Å². The number of aliphatic hydroxyl groups is 1. The number of nitrogens with zero attached hydrogens (tertiary/aromatic N) is 3. The molecule has 2 aliphatic rings. The fraction of sp³-hybridized carbons (Fsp3) is 0.733. The van der Waals surface area contributed by atoms with E-state index in [0.717, 1.165) is 49.0 Å². The highest BCUT2D eigenvalue weighted by atomic mass is 16.3. The molecule has 0 bridgehead atoms. The number of nitrogens with one attached hydrogen (secondary N) is 1. The van der Waals surface area contributed by atoms with Gasteiger partial charge in [0.15, 0.2) is 0 Å². The summed E-state index contributed by atoms with van der Waals surface area (Å²) < 4.78 is 0. The number of aliphatic hydroxyl groups excluding tert-OH is 1. The molecule has 1 saturated carbocycles. The molecule has 2 fully saturated rings. The van der Waals surface area contributed by atoms with Crippen LogP contribution in [0.15, 0.2) is 0 Å². The molecule has 0 spiro atoms. The molecule has 20 heavy (non-hydrogen) atoms. The first-order valence-electron chi connectivity index (χ1n) is 7.65. The molecule has 5 nitrogen and oxygen atoms in total. The number of hydrogen-bond acceptors (Lipinski definition) is 5. The number of hydrogen-bond donors (Lipinski definition) is 2. The van der Waals surface area contributed by atoms with Gasteiger partial charge in [0.25, 0.3) is 0 Å². The van der Waals surface area contributed by atoms with Crippen LogP contribution in [0.5, 0.6) is 0 Å². The van der Waals surface area contributed by atoms with E-state index in [1.165, 1.54) is 12.8 Å². The molecule has 0 amide bonds. The molecule has 2 N–H and O–H groups in total. The lowest BCUT2D eigenvalue weighted by Gasteiger charge is -2.22. The minimum atomic E-state index is 0.288. The zero-order valence-electron chi connectivity index (χ0n) is 12.4. The molecule has 1 aliphatic heterocycles. The first-order chi connectivity index (χ1) is 9.72. The zero-order valence-corrected chi connectivity index (χ0v) is 12.4. The van der Waals surface area contributed by atoms with Gasteiger partial charge in [0.2, 0.25) is 0 Å². The van der Waals surface area contributed by atoms with E-state index in [1.54, 1.807) is 0 Å². The topological polar surface area (TPSA) is 61.3 Å². The summed E-state index contributed by atoms with van der Waals surface area (Å²) >= 11 is 0. The summed E-state index contributed by atoms with van der Waals surface area (Å²) in [5, 5.41) is 12.3. The van der Waals surface area contributed by atoms with Crippen molar-refractivity contribution in [3.8, 4) is 0 Å². The molecule has 2 heterocycles. The van der Waals surface area contributed by atoms with Crippen molar-refractivity contribution in [1.29, 1.82) is 0 Å². The Hall–Kier alpha value is -1.36. The van der Waals surface area contributed by atoms with E-state index in [1.807, 2.05) is 7.05 Å². The van der Waals surface area contributed by atoms with E-state index in [-0.39, 0.29) is 6.61 Å². The van der Waals surface area contributed by atoms with Crippen LogP contribution in [-0.2, 0) is 0 Å². The lowest BCUT2D eigenvalue weighted by molar-refractivity contribution is 0.263. The maximum absolute atomic E-state index is 9.09. The van der Waals surface area contributed by atoms with Gasteiger partial charge in [-0.25, -0.2) is 9.97 Å². The third-order valence-corrected chi connectivity index (χ3v) is 4.44. The second-order valence-electron chi connectivity index (χ2n) is 6.02. The van der Waals surface area contributed by atoms with Crippen molar-refractivity contribution < 1.29 is 5.11 Å². The average Bonchev–Trinajstić information content (AvgIpc) is 3.20. The molecule has 1 saturated heterocycles. The Morgan fingerprint density at radius 2 is 2.10 bits per heavy atom. The molecule has 1 unspecified atom stereocenters. The Labute approximate surface area is 120 Å². The molecule has 5 heteroatoms. The predicted molar refractivity (Wildman–Crippen MR) is 80.3 cm³/mol. The maximum Gasteiger partial charge on any atom is 0.137 e. The van der Waals surface area contributed by atoms with Crippen molar-refractivity contribution in [3.63, 3.8) is 0 Å². The molecule has 1 atom stereocenters. The Morgan fingerprint density at radius 1 is 1.30 bits per heavy atom. The van der Waals surface area contributed by atoms with Crippen LogP contribution in [-0.4, -0.2) is 41.8 Å². The van der Waals surface area contributed by atoms with Gasteiger partial charge < -0.3 is 15.3 Å². The lowest BCUT2D eigenvalue weighted by Crippen LogP contribution is -2.23. The molecule has 3 rings (SSSR count). The van der Waals surface area contributed by atoms with Crippen LogP contribution in [0.25, 0.3) is 0 Å². The van der Waals surface area contributed by atoms with Crippen molar-refractivity contribution in [2.24, 2.45) is 5.92 Å². The molecule has 110 valence electrons. The van der Waals surface area contributed by atoms with E-state index >= 15 is 0 Å². The highest BCUT2D eigenvalue weighted by Gasteiger charge is 2.30. The summed E-state index contributed by atoms with van der Waals surface area (Å²) in [5.41, 5.74) is 1.14. The van der Waals surface area contributed by atoms with Gasteiger partial charge in [0.1, 0.15) is 17.5 Å². The Kier molecular flexibility index (Phi) is 3.78. The van der Waals surface area contributed by atoms with Gasteiger partial charge in [-0.2, -0.15) is 0 Å². The second kappa shape index (κ2) is 5.56. The Morgan fingerprint density at radius 3 is 2.75 bits per heavy atom. The van der Waals surface area contributed by atoms with E-state index in [2.05, 4.69) is 22.1 Å². The van der Waals surface area contributed by atoms with Crippen molar-refractivity contribution in [3.05, 3.63) is 11.4 Å². The van der Waals surface area contributed by atoms with Crippen LogP contribution in [0.1, 0.15) is 43.0 Å². The molecule has 0 aromatic carbocycles. The van der Waals surface area contributed by atoms with E-state index < -0.39 is 0 Å². The summed E-state index contributed by atoms with van der Waals surface area (Å²) in [4.78, 5) is 11.8. The molecule has 1 aliphatic carbocycles. The summed E-state index contributed by atoms with van der Waals surface area (Å²) in [5.74, 6) is 4.21. The smallest absolute Gasteiger partial charge is 0.137 e. The molecular weight excluding hydrogens is 252 g/mol. The Bertz CT molecular complexity index is 487. The lowest BCUT2D eigenvalue weighted by atomic mass is 10.1. The zero-order chi connectivity index (χ0) is 14.1. The van der Waals surface area contributed by atoms with Crippen LogP contribution in [0.4, 0.5) is 11.6 Å². The Balaban J connectivity index is 1.86. The quantitative estimate of drug-likeness (QED) is 0.860. The second-order valence-corrected chi connectivity index (χ2v) is 6.02. The number of anilines is 2. The van der Waals surface area contributed by atoms with Crippen molar-refractivity contribution in [1.82, 2.24) is 9.97 Å². The predicted octanol–water partition coefficient (Wildman–Crippen LogP) is 1.91. The maximum atomic E-state index is 9.09. The summed E-state index contributed by atoms with van der Waals surface area (Å²) in [6, 6.07) is 0. The van der Waals surface area contributed by atoms with Gasteiger partial charge in [0.05, 0.1) is 0 Å².